The fourth-order valence-electron chi connectivity index (χ4n) is 4.88. The van der Waals surface area contributed by atoms with Crippen LogP contribution in [0.3, 0.4) is 0 Å². The number of piperidine rings is 1. The number of rotatable bonds is 4. The van der Waals surface area contributed by atoms with Crippen molar-refractivity contribution in [2.24, 2.45) is 13.0 Å². The second-order valence-corrected chi connectivity index (χ2v) is 8.74. The van der Waals surface area contributed by atoms with E-state index in [4.69, 9.17) is 16.0 Å². The van der Waals surface area contributed by atoms with Crippen LogP contribution < -0.4 is 5.32 Å². The molecule has 3 fully saturated rings. The Balaban J connectivity index is 1.42. The zero-order valence-electron chi connectivity index (χ0n) is 17.1. The van der Waals surface area contributed by atoms with Crippen LogP contribution in [0.4, 0.5) is 10.5 Å². The van der Waals surface area contributed by atoms with Crippen LogP contribution in [0, 0.1) is 5.92 Å². The Bertz CT molecular complexity index is 1150. The number of carbonyl (C=O) groups excluding carboxylic acids is 1. The molecule has 0 radical (unpaired) electrons. The van der Waals surface area contributed by atoms with Gasteiger partial charge in [-0.25, -0.2) is 9.78 Å². The third-order valence-electron chi connectivity index (χ3n) is 6.04. The van der Waals surface area contributed by atoms with Crippen LogP contribution in [-0.4, -0.2) is 47.0 Å². The first-order valence-electron chi connectivity index (χ1n) is 10.1. The van der Waals surface area contributed by atoms with Crippen LogP contribution in [0.2, 0.25) is 5.02 Å². The van der Waals surface area contributed by atoms with Gasteiger partial charge < -0.3 is 19.7 Å². The fraction of sp³-hybridized carbons (Fsp3) is 0.450. The Morgan fingerprint density at radius 1 is 1.39 bits per heavy atom. The number of hydrogen-bond donors (Lipinski definition) is 2. The zero-order chi connectivity index (χ0) is 21.8. The molecule has 2 N–H and O–H groups in total. The van der Waals surface area contributed by atoms with Crippen molar-refractivity contribution in [1.29, 1.82) is 0 Å². The van der Waals surface area contributed by atoms with E-state index in [0.29, 0.717) is 33.9 Å². The molecule has 2 bridgehead atoms. The summed E-state index contributed by atoms with van der Waals surface area (Å²) in [5.41, 5.74) is 0.577. The molecule has 3 aliphatic rings. The predicted molar refractivity (Wildman–Crippen MR) is 111 cm³/mol. The molecule has 3 aromatic rings. The minimum absolute atomic E-state index is 0.0949. The van der Waals surface area contributed by atoms with Crippen LogP contribution in [0.15, 0.2) is 28.9 Å². The number of carbonyl (C=O) groups is 1. The average molecular weight is 444 g/mol. The molecule has 1 aliphatic carbocycles. The van der Waals surface area contributed by atoms with Crippen molar-refractivity contribution in [3.8, 4) is 11.4 Å². The normalized spacial score (nSPS) is 24.7. The predicted octanol–water partition coefficient (Wildman–Crippen LogP) is 2.94. The number of aryl methyl sites for hydroxylation is 1. The number of nitrogens with one attached hydrogen (secondary N) is 1. The average Bonchev–Trinajstić information content (AvgIpc) is 3.38. The van der Waals surface area contributed by atoms with Crippen molar-refractivity contribution in [2.75, 3.05) is 5.32 Å². The van der Waals surface area contributed by atoms with E-state index in [1.165, 1.54) is 0 Å². The molecule has 2 aromatic heterocycles. The highest BCUT2D eigenvalue weighted by Gasteiger charge is 2.62. The van der Waals surface area contributed by atoms with Crippen molar-refractivity contribution in [1.82, 2.24) is 29.9 Å². The number of anilines is 1. The maximum atomic E-state index is 13.3. The smallest absolute Gasteiger partial charge is 0.323 e. The second kappa shape index (κ2) is 7.31. The first-order valence-corrected chi connectivity index (χ1v) is 10.5. The van der Waals surface area contributed by atoms with Crippen molar-refractivity contribution < 1.29 is 14.3 Å². The van der Waals surface area contributed by atoms with Crippen LogP contribution in [0.25, 0.3) is 11.4 Å². The van der Waals surface area contributed by atoms with E-state index in [2.05, 4.69) is 32.5 Å². The molecule has 0 spiro atoms. The molecule has 4 heterocycles. The van der Waals surface area contributed by atoms with Gasteiger partial charge >= 0.3 is 6.03 Å². The quantitative estimate of drug-likeness (QED) is 0.635. The van der Waals surface area contributed by atoms with E-state index in [1.807, 2.05) is 0 Å². The van der Waals surface area contributed by atoms with E-state index >= 15 is 0 Å². The number of urea groups is 1. The monoisotopic (exact) mass is 443 g/mol. The molecule has 3 atom stereocenters. The number of aliphatic hydroxyl groups is 1. The number of fused-ring (bicyclic) bond motifs is 2. The van der Waals surface area contributed by atoms with E-state index in [1.54, 1.807) is 41.2 Å². The molecule has 1 aromatic carbocycles. The Morgan fingerprint density at radius 2 is 2.23 bits per heavy atom. The van der Waals surface area contributed by atoms with Gasteiger partial charge in [-0.1, -0.05) is 18.5 Å². The molecule has 11 heteroatoms. The lowest BCUT2D eigenvalue weighted by Crippen LogP contribution is -2.70. The van der Waals surface area contributed by atoms with Crippen molar-refractivity contribution >= 4 is 23.3 Å². The number of aliphatic hydroxyl groups excluding tert-OH is 1. The second-order valence-electron chi connectivity index (χ2n) is 8.33. The third kappa shape index (κ3) is 3.26. The van der Waals surface area contributed by atoms with Gasteiger partial charge in [0, 0.05) is 30.8 Å². The van der Waals surface area contributed by atoms with Gasteiger partial charge in [-0.15, -0.1) is 10.2 Å². The summed E-state index contributed by atoms with van der Waals surface area (Å²) in [4.78, 5) is 19.4. The van der Waals surface area contributed by atoms with Crippen molar-refractivity contribution in [2.45, 2.75) is 44.4 Å². The Morgan fingerprint density at radius 3 is 2.94 bits per heavy atom. The Labute approximate surface area is 183 Å². The summed E-state index contributed by atoms with van der Waals surface area (Å²) in [6.07, 6.45) is 4.00. The minimum atomic E-state index is -0.648. The van der Waals surface area contributed by atoms with Crippen LogP contribution in [0.1, 0.15) is 38.0 Å². The highest BCUT2D eigenvalue weighted by atomic mass is 35.5. The van der Waals surface area contributed by atoms with Gasteiger partial charge in [0.2, 0.25) is 11.8 Å². The molecule has 162 valence electrons. The van der Waals surface area contributed by atoms with Gasteiger partial charge in [0.05, 0.1) is 5.02 Å². The summed E-state index contributed by atoms with van der Waals surface area (Å²) >= 11 is 6.33. The number of hydrogen-bond acceptors (Lipinski definition) is 7. The number of nitrogens with zero attached hydrogens (tertiary/aromatic N) is 6. The lowest BCUT2D eigenvalue weighted by atomic mass is 9.64. The molecule has 2 aliphatic heterocycles. The van der Waals surface area contributed by atoms with Crippen LogP contribution >= 0.6 is 11.6 Å². The topological polar surface area (TPSA) is 122 Å². The summed E-state index contributed by atoms with van der Waals surface area (Å²) in [6.45, 7) is 1.83. The van der Waals surface area contributed by atoms with Gasteiger partial charge in [-0.3, -0.25) is 4.68 Å². The molecule has 6 rings (SSSR count). The highest BCUT2D eigenvalue weighted by molar-refractivity contribution is 6.33. The van der Waals surface area contributed by atoms with E-state index in [9.17, 15) is 9.90 Å². The lowest BCUT2D eigenvalue weighted by Gasteiger charge is -2.61. The molecule has 0 unspecified atom stereocenters. The number of benzene rings is 1. The molecule has 31 heavy (non-hydrogen) atoms. The molecule has 2 amide bonds. The summed E-state index contributed by atoms with van der Waals surface area (Å²) in [5.74, 6) is 1.43. The molecule has 10 nitrogen and oxygen atoms in total. The van der Waals surface area contributed by atoms with Crippen molar-refractivity contribution in [3.63, 3.8) is 0 Å². The summed E-state index contributed by atoms with van der Waals surface area (Å²) in [5, 5.41) is 25.1. The van der Waals surface area contributed by atoms with Crippen molar-refractivity contribution in [3.05, 3.63) is 41.3 Å². The Kier molecular flexibility index (Phi) is 4.71. The zero-order valence-corrected chi connectivity index (χ0v) is 17.9. The van der Waals surface area contributed by atoms with Crippen LogP contribution in [-0.2, 0) is 19.2 Å². The number of aromatic nitrogens is 5. The van der Waals surface area contributed by atoms with Gasteiger partial charge in [0.15, 0.2) is 5.82 Å². The third-order valence-corrected chi connectivity index (χ3v) is 6.37. The summed E-state index contributed by atoms with van der Waals surface area (Å²) < 4.78 is 7.25. The van der Waals surface area contributed by atoms with Gasteiger partial charge in [-0.2, -0.15) is 5.10 Å². The first kappa shape index (κ1) is 20.0. The maximum Gasteiger partial charge on any atom is 0.323 e. The SMILES string of the molecule is C[C@@H]1C[C@@H]2C[C@](c3nnc(CO)o3)(C1)N2C(=O)Nc1ccc(Cl)c(-c2ncn(C)n2)c1. The van der Waals surface area contributed by atoms with Gasteiger partial charge in [-0.05, 0) is 37.0 Å². The molecule has 2 saturated heterocycles. The maximum absolute atomic E-state index is 13.3. The Hall–Kier alpha value is -2.98. The fourth-order valence-corrected chi connectivity index (χ4v) is 5.08. The summed E-state index contributed by atoms with van der Waals surface area (Å²) in [7, 11) is 1.78. The molecular weight excluding hydrogens is 422 g/mol. The van der Waals surface area contributed by atoms with E-state index in [0.717, 1.165) is 19.3 Å². The minimum Gasteiger partial charge on any atom is -0.420 e. The van der Waals surface area contributed by atoms with E-state index < -0.39 is 5.54 Å². The molecular formula is C20H22ClN7O3. The van der Waals surface area contributed by atoms with Crippen LogP contribution in [0.5, 0.6) is 0 Å². The number of halogens is 1. The first-order chi connectivity index (χ1) is 14.9. The molecule has 1 saturated carbocycles. The van der Waals surface area contributed by atoms with Gasteiger partial charge in [0.1, 0.15) is 18.5 Å². The summed E-state index contributed by atoms with van der Waals surface area (Å²) in [6, 6.07) is 5.07. The standard InChI is InChI=1S/C20H22ClN7O3/c1-11-5-13-8-20(7-11,18-25-24-16(9-29)31-18)28(13)19(30)23-12-3-4-15(21)14(6-12)17-22-10-27(2)26-17/h3-4,6,10-11,13,29H,5,7-9H2,1-2H3,(H,23,30)/t11-,13-,20+/m1/s1. The van der Waals surface area contributed by atoms with Gasteiger partial charge in [0.25, 0.3) is 0 Å². The number of amides is 2. The lowest BCUT2D eigenvalue weighted by molar-refractivity contribution is -0.110. The van der Waals surface area contributed by atoms with E-state index in [-0.39, 0.29) is 24.6 Å². The largest absolute Gasteiger partial charge is 0.420 e. The highest BCUT2D eigenvalue weighted by Crippen LogP contribution is 2.55.